The molecule has 0 radical (unpaired) electrons. The predicted molar refractivity (Wildman–Crippen MR) is 72.9 cm³/mol. The van der Waals surface area contributed by atoms with E-state index in [2.05, 4.69) is 0 Å². The lowest BCUT2D eigenvalue weighted by Gasteiger charge is -2.24. The van der Waals surface area contributed by atoms with Crippen molar-refractivity contribution in [2.24, 2.45) is 5.92 Å². The maximum atomic E-state index is 12.6. The second kappa shape index (κ2) is 4.66. The number of sulfone groups is 1. The number of allylic oxidation sites excluding steroid dienone is 2. The zero-order valence-corrected chi connectivity index (χ0v) is 11.6. The first-order valence-corrected chi connectivity index (χ1v) is 8.14. The smallest absolute Gasteiger partial charge is 0.189 e. The molecule has 1 aromatic rings. The third-order valence-electron chi connectivity index (χ3n) is 3.99. The highest BCUT2D eigenvalue weighted by Crippen LogP contribution is 2.39. The van der Waals surface area contributed by atoms with Gasteiger partial charge >= 0.3 is 0 Å². The third kappa shape index (κ3) is 1.93. The molecular formula is C15H14O4S. The van der Waals surface area contributed by atoms with Crippen molar-refractivity contribution in [2.75, 3.05) is 0 Å². The summed E-state index contributed by atoms with van der Waals surface area (Å²) in [7, 11) is -3.74. The monoisotopic (exact) mass is 290 g/mol. The van der Waals surface area contributed by atoms with Crippen LogP contribution in [0.2, 0.25) is 0 Å². The van der Waals surface area contributed by atoms with Gasteiger partial charge in [-0.05, 0) is 31.1 Å². The molecule has 1 saturated carbocycles. The van der Waals surface area contributed by atoms with Crippen LogP contribution in [0.1, 0.15) is 19.3 Å². The number of hydrogen-bond acceptors (Lipinski definition) is 4. The van der Waals surface area contributed by atoms with Crippen LogP contribution < -0.4 is 0 Å². The molecule has 1 aromatic carbocycles. The number of hydrogen-bond donors (Lipinski definition) is 0. The van der Waals surface area contributed by atoms with Gasteiger partial charge in [-0.3, -0.25) is 9.59 Å². The van der Waals surface area contributed by atoms with E-state index in [0.717, 1.165) is 0 Å². The van der Waals surface area contributed by atoms with Gasteiger partial charge in [-0.15, -0.1) is 0 Å². The van der Waals surface area contributed by atoms with Crippen LogP contribution in [0.25, 0.3) is 0 Å². The number of rotatable bonds is 2. The van der Waals surface area contributed by atoms with Crippen LogP contribution in [0.5, 0.6) is 0 Å². The lowest BCUT2D eigenvalue weighted by Crippen LogP contribution is -2.35. The summed E-state index contributed by atoms with van der Waals surface area (Å²) in [4.78, 5) is 24.1. The second-order valence-corrected chi connectivity index (χ2v) is 7.27. The molecule has 0 spiro atoms. The summed E-state index contributed by atoms with van der Waals surface area (Å²) in [5.41, 5.74) is 0.408. The molecule has 104 valence electrons. The summed E-state index contributed by atoms with van der Waals surface area (Å²) in [5.74, 6) is -1.00. The first-order valence-electron chi connectivity index (χ1n) is 6.59. The fraction of sp³-hybridized carbons (Fsp3) is 0.333. The van der Waals surface area contributed by atoms with Gasteiger partial charge in [-0.1, -0.05) is 18.2 Å². The zero-order chi connectivity index (χ0) is 14.3. The molecule has 0 aromatic heterocycles. The molecule has 0 aliphatic heterocycles. The standard InChI is InChI=1S/C15H14O4S/c16-13-8-4-7-11-12(13)9-14(17)15(11)20(18,19)10-5-2-1-3-6-10/h1-3,5-6,9,11,15H,4,7-8H2/t11-,15+/m1/s1. The number of benzene rings is 1. The Morgan fingerprint density at radius 3 is 2.45 bits per heavy atom. The van der Waals surface area contributed by atoms with Gasteiger partial charge in [0.15, 0.2) is 21.4 Å². The van der Waals surface area contributed by atoms with E-state index in [1.165, 1.54) is 18.2 Å². The molecule has 0 amide bonds. The quantitative estimate of drug-likeness (QED) is 0.831. The molecule has 0 saturated heterocycles. The molecule has 2 atom stereocenters. The lowest BCUT2D eigenvalue weighted by atomic mass is 9.85. The van der Waals surface area contributed by atoms with Crippen LogP contribution in [0.3, 0.4) is 0 Å². The maximum absolute atomic E-state index is 12.6. The Labute approximate surface area is 117 Å². The fourth-order valence-electron chi connectivity index (χ4n) is 3.05. The van der Waals surface area contributed by atoms with E-state index in [-0.39, 0.29) is 10.7 Å². The van der Waals surface area contributed by atoms with E-state index in [0.29, 0.717) is 24.8 Å². The summed E-state index contributed by atoms with van der Waals surface area (Å²) >= 11 is 0. The van der Waals surface area contributed by atoms with Crippen molar-refractivity contribution in [1.82, 2.24) is 0 Å². The van der Waals surface area contributed by atoms with E-state index in [1.807, 2.05) is 0 Å². The topological polar surface area (TPSA) is 68.3 Å². The Morgan fingerprint density at radius 2 is 1.75 bits per heavy atom. The maximum Gasteiger partial charge on any atom is 0.189 e. The average Bonchev–Trinajstić information content (AvgIpc) is 2.78. The van der Waals surface area contributed by atoms with Gasteiger partial charge in [0.1, 0.15) is 5.25 Å². The summed E-state index contributed by atoms with van der Waals surface area (Å²) in [6.07, 6.45) is 2.89. The molecule has 3 rings (SSSR count). The molecule has 1 fully saturated rings. The minimum atomic E-state index is -3.74. The van der Waals surface area contributed by atoms with Crippen LogP contribution in [-0.2, 0) is 19.4 Å². The highest BCUT2D eigenvalue weighted by atomic mass is 32.2. The lowest BCUT2D eigenvalue weighted by molar-refractivity contribution is -0.117. The minimum absolute atomic E-state index is 0.0830. The predicted octanol–water partition coefficient (Wildman–Crippen LogP) is 1.71. The van der Waals surface area contributed by atoms with Gasteiger partial charge < -0.3 is 0 Å². The van der Waals surface area contributed by atoms with Gasteiger partial charge in [-0.2, -0.15) is 0 Å². The molecule has 0 unspecified atom stereocenters. The summed E-state index contributed by atoms with van der Waals surface area (Å²) in [5, 5.41) is -1.12. The molecule has 0 N–H and O–H groups in total. The van der Waals surface area contributed by atoms with E-state index >= 15 is 0 Å². The Balaban J connectivity index is 2.04. The summed E-state index contributed by atoms with van der Waals surface area (Å²) < 4.78 is 25.3. The second-order valence-electron chi connectivity index (χ2n) is 5.20. The molecule has 4 nitrogen and oxygen atoms in total. The Bertz CT molecular complexity index is 701. The Morgan fingerprint density at radius 1 is 1.05 bits per heavy atom. The largest absolute Gasteiger partial charge is 0.295 e. The fourth-order valence-corrected chi connectivity index (χ4v) is 4.97. The zero-order valence-electron chi connectivity index (χ0n) is 10.8. The molecular weight excluding hydrogens is 276 g/mol. The van der Waals surface area contributed by atoms with Crippen molar-refractivity contribution < 1.29 is 18.0 Å². The molecule has 0 bridgehead atoms. The van der Waals surface area contributed by atoms with Gasteiger partial charge in [-0.25, -0.2) is 8.42 Å². The van der Waals surface area contributed by atoms with Crippen LogP contribution >= 0.6 is 0 Å². The van der Waals surface area contributed by atoms with Crippen LogP contribution in [0, 0.1) is 5.92 Å². The number of Topliss-reactive ketones (excluding diaryl/α,β-unsaturated/α-hetero) is 1. The van der Waals surface area contributed by atoms with Crippen LogP contribution in [-0.4, -0.2) is 25.2 Å². The highest BCUT2D eigenvalue weighted by molar-refractivity contribution is 7.93. The summed E-state index contributed by atoms with van der Waals surface area (Å²) in [6.45, 7) is 0. The molecule has 5 heteroatoms. The van der Waals surface area contributed by atoms with E-state index in [4.69, 9.17) is 0 Å². The van der Waals surface area contributed by atoms with Crippen molar-refractivity contribution in [3.63, 3.8) is 0 Å². The van der Waals surface area contributed by atoms with E-state index in [1.54, 1.807) is 18.2 Å². The van der Waals surface area contributed by atoms with Gasteiger partial charge in [0.2, 0.25) is 0 Å². The Kier molecular flexibility index (Phi) is 3.09. The van der Waals surface area contributed by atoms with Crippen molar-refractivity contribution in [3.8, 4) is 0 Å². The molecule has 20 heavy (non-hydrogen) atoms. The first-order chi connectivity index (χ1) is 9.51. The molecule has 2 aliphatic rings. The SMILES string of the molecule is O=C1CCC[C@@H]2C1=CC(=O)[C@H]2S(=O)(=O)c1ccccc1. The normalized spacial score (nSPS) is 26.3. The number of carbonyl (C=O) groups excluding carboxylic acids is 2. The van der Waals surface area contributed by atoms with Crippen molar-refractivity contribution in [2.45, 2.75) is 29.4 Å². The Hall–Kier alpha value is -1.75. The minimum Gasteiger partial charge on any atom is -0.295 e. The van der Waals surface area contributed by atoms with Crippen molar-refractivity contribution >= 4 is 21.4 Å². The van der Waals surface area contributed by atoms with Crippen molar-refractivity contribution in [1.29, 1.82) is 0 Å². The van der Waals surface area contributed by atoms with Crippen LogP contribution in [0.15, 0.2) is 46.9 Å². The number of ketones is 2. The number of carbonyl (C=O) groups is 2. The van der Waals surface area contributed by atoms with Gasteiger partial charge in [0, 0.05) is 17.9 Å². The van der Waals surface area contributed by atoms with Crippen LogP contribution in [0.4, 0.5) is 0 Å². The van der Waals surface area contributed by atoms with Crippen molar-refractivity contribution in [3.05, 3.63) is 42.0 Å². The highest BCUT2D eigenvalue weighted by Gasteiger charge is 2.48. The molecule has 0 heterocycles. The van der Waals surface area contributed by atoms with E-state index in [9.17, 15) is 18.0 Å². The van der Waals surface area contributed by atoms with E-state index < -0.39 is 26.8 Å². The molecule has 2 aliphatic carbocycles. The van der Waals surface area contributed by atoms with Gasteiger partial charge in [0.25, 0.3) is 0 Å². The third-order valence-corrected chi connectivity index (χ3v) is 6.15. The summed E-state index contributed by atoms with van der Waals surface area (Å²) in [6, 6.07) is 7.97. The van der Waals surface area contributed by atoms with Gasteiger partial charge in [0.05, 0.1) is 4.90 Å². The number of fused-ring (bicyclic) bond motifs is 1. The average molecular weight is 290 g/mol. The first kappa shape index (κ1) is 13.2.